The minimum absolute atomic E-state index is 0.181. The lowest BCUT2D eigenvalue weighted by Gasteiger charge is -2.33. The van der Waals surface area contributed by atoms with E-state index in [0.29, 0.717) is 12.5 Å². The quantitative estimate of drug-likeness (QED) is 0.594. The number of nitrogens with one attached hydrogen (secondary N) is 2. The zero-order valence-electron chi connectivity index (χ0n) is 19.6. The molecule has 2 aliphatic rings. The lowest BCUT2D eigenvalue weighted by molar-refractivity contribution is -0.906. The van der Waals surface area contributed by atoms with Crippen LogP contribution in [0.1, 0.15) is 44.5 Å². The molecule has 5 rings (SSSR count). The van der Waals surface area contributed by atoms with Crippen LogP contribution < -0.4 is 10.2 Å². The molecule has 2 N–H and O–H groups in total. The number of thiophene rings is 1. The molecule has 0 amide bonds. The van der Waals surface area contributed by atoms with E-state index < -0.39 is 0 Å². The topological polar surface area (TPSA) is 73.6 Å². The van der Waals surface area contributed by atoms with Crippen molar-refractivity contribution in [1.82, 2.24) is 15.0 Å². The summed E-state index contributed by atoms with van der Waals surface area (Å²) in [6.45, 7) is 15.3. The van der Waals surface area contributed by atoms with Crippen LogP contribution in [0.4, 0.5) is 5.82 Å². The van der Waals surface area contributed by atoms with Gasteiger partial charge in [-0.25, -0.2) is 15.0 Å². The fourth-order valence-electron chi connectivity index (χ4n) is 4.82. The molecule has 0 radical (unpaired) electrons. The van der Waals surface area contributed by atoms with E-state index >= 15 is 0 Å². The number of rotatable bonds is 6. The highest BCUT2D eigenvalue weighted by Crippen LogP contribution is 2.42. The van der Waals surface area contributed by atoms with Crippen LogP contribution >= 0.6 is 11.3 Å². The first kappa shape index (κ1) is 21.9. The molecule has 0 spiro atoms. The van der Waals surface area contributed by atoms with E-state index in [1.165, 1.54) is 22.2 Å². The van der Waals surface area contributed by atoms with Gasteiger partial charge in [0.25, 0.3) is 0 Å². The van der Waals surface area contributed by atoms with Crippen LogP contribution in [0.5, 0.6) is 0 Å². The SMILES string of the molecule is CC(C)Cc1nc2sc3c(NCC[NH+]4CCOCC4)ncnc3c2c2c1COC(C)(C)C2. The summed E-state index contributed by atoms with van der Waals surface area (Å²) in [5, 5.41) is 4.79. The van der Waals surface area contributed by atoms with Gasteiger partial charge in [0.05, 0.1) is 48.7 Å². The van der Waals surface area contributed by atoms with Crippen molar-refractivity contribution in [2.75, 3.05) is 44.7 Å². The summed E-state index contributed by atoms with van der Waals surface area (Å²) in [6.07, 6.45) is 3.54. The Hall–Kier alpha value is -1.87. The Labute approximate surface area is 193 Å². The van der Waals surface area contributed by atoms with Gasteiger partial charge in [0.2, 0.25) is 0 Å². The number of hydrogen-bond donors (Lipinski definition) is 2. The summed E-state index contributed by atoms with van der Waals surface area (Å²) in [4.78, 5) is 17.1. The monoisotopic (exact) mass is 456 g/mol. The van der Waals surface area contributed by atoms with Crippen LogP contribution in [-0.2, 0) is 28.9 Å². The third-order valence-electron chi connectivity index (χ3n) is 6.49. The molecule has 7 nitrogen and oxygen atoms in total. The molecule has 0 aromatic carbocycles. The van der Waals surface area contributed by atoms with Gasteiger partial charge in [-0.05, 0) is 31.7 Å². The van der Waals surface area contributed by atoms with Gasteiger partial charge in [0, 0.05) is 23.1 Å². The first-order valence-electron chi connectivity index (χ1n) is 11.8. The summed E-state index contributed by atoms with van der Waals surface area (Å²) >= 11 is 1.72. The molecule has 0 unspecified atom stereocenters. The number of aromatic nitrogens is 3. The van der Waals surface area contributed by atoms with Gasteiger partial charge in [-0.15, -0.1) is 11.3 Å². The van der Waals surface area contributed by atoms with E-state index in [2.05, 4.69) is 38.0 Å². The van der Waals surface area contributed by atoms with Crippen molar-refractivity contribution in [3.63, 3.8) is 0 Å². The Bertz CT molecular complexity index is 1120. The van der Waals surface area contributed by atoms with Crippen LogP contribution in [0.15, 0.2) is 6.33 Å². The van der Waals surface area contributed by atoms with E-state index in [-0.39, 0.29) is 5.60 Å². The Morgan fingerprint density at radius 1 is 1.19 bits per heavy atom. The second kappa shape index (κ2) is 8.82. The third kappa shape index (κ3) is 4.33. The van der Waals surface area contributed by atoms with E-state index in [4.69, 9.17) is 19.4 Å². The molecule has 3 aromatic rings. The number of anilines is 1. The Morgan fingerprint density at radius 3 is 2.78 bits per heavy atom. The van der Waals surface area contributed by atoms with Gasteiger partial charge in [-0.3, -0.25) is 0 Å². The van der Waals surface area contributed by atoms with E-state index in [0.717, 1.165) is 73.1 Å². The van der Waals surface area contributed by atoms with Crippen molar-refractivity contribution < 1.29 is 14.4 Å². The number of nitrogens with zero attached hydrogens (tertiary/aromatic N) is 3. The number of fused-ring (bicyclic) bond motifs is 5. The highest BCUT2D eigenvalue weighted by atomic mass is 32.1. The Kier molecular flexibility index (Phi) is 6.05. The maximum absolute atomic E-state index is 6.19. The standard InChI is InChI=1S/C24H33N5O2S/c1-15(2)11-18-17-13-31-24(3,4)12-16(17)19-20-21(32-23(19)28-18)22(27-14-26-20)25-5-6-29-7-9-30-10-8-29/h14-15H,5-13H2,1-4H3,(H,25,26,27)/p+1. The second-order valence-electron chi connectivity index (χ2n) is 10.1. The largest absolute Gasteiger partial charge is 0.370 e. The number of pyridine rings is 1. The lowest BCUT2D eigenvalue weighted by atomic mass is 9.88. The van der Waals surface area contributed by atoms with Gasteiger partial charge in [0.1, 0.15) is 30.1 Å². The molecule has 32 heavy (non-hydrogen) atoms. The molecule has 172 valence electrons. The van der Waals surface area contributed by atoms with Crippen LogP contribution in [0.3, 0.4) is 0 Å². The molecule has 0 atom stereocenters. The number of hydrogen-bond acceptors (Lipinski definition) is 7. The van der Waals surface area contributed by atoms with Gasteiger partial charge < -0.3 is 19.7 Å². The maximum atomic E-state index is 6.19. The number of morpholine rings is 1. The normalized spacial score (nSPS) is 19.0. The third-order valence-corrected chi connectivity index (χ3v) is 7.57. The molecular weight excluding hydrogens is 422 g/mol. The molecule has 2 aliphatic heterocycles. The van der Waals surface area contributed by atoms with E-state index in [1.54, 1.807) is 22.6 Å². The van der Waals surface area contributed by atoms with Crippen molar-refractivity contribution in [1.29, 1.82) is 0 Å². The second-order valence-corrected chi connectivity index (χ2v) is 11.1. The van der Waals surface area contributed by atoms with Crippen molar-refractivity contribution >= 4 is 37.6 Å². The molecule has 1 fully saturated rings. The summed E-state index contributed by atoms with van der Waals surface area (Å²) in [6, 6.07) is 0. The first-order chi connectivity index (χ1) is 15.4. The number of ether oxygens (including phenoxy) is 2. The highest BCUT2D eigenvalue weighted by Gasteiger charge is 2.31. The lowest BCUT2D eigenvalue weighted by Crippen LogP contribution is -3.14. The summed E-state index contributed by atoms with van der Waals surface area (Å²) in [5.41, 5.74) is 4.67. The summed E-state index contributed by atoms with van der Waals surface area (Å²) in [5.74, 6) is 1.48. The summed E-state index contributed by atoms with van der Waals surface area (Å²) in [7, 11) is 0. The van der Waals surface area contributed by atoms with E-state index in [9.17, 15) is 0 Å². The molecular formula is C24H34N5O2S+. The minimum atomic E-state index is -0.181. The van der Waals surface area contributed by atoms with Gasteiger partial charge in [-0.1, -0.05) is 13.8 Å². The van der Waals surface area contributed by atoms with Crippen LogP contribution in [0.25, 0.3) is 20.4 Å². The van der Waals surface area contributed by atoms with Gasteiger partial charge in [0.15, 0.2) is 0 Å². The Balaban J connectivity index is 1.53. The molecule has 5 heterocycles. The smallest absolute Gasteiger partial charge is 0.147 e. The summed E-state index contributed by atoms with van der Waals surface area (Å²) < 4.78 is 12.8. The molecule has 8 heteroatoms. The van der Waals surface area contributed by atoms with Crippen LogP contribution in [-0.4, -0.2) is 59.9 Å². The van der Waals surface area contributed by atoms with Crippen molar-refractivity contribution in [2.45, 2.75) is 52.7 Å². The predicted molar refractivity (Wildman–Crippen MR) is 129 cm³/mol. The average Bonchev–Trinajstić information content (AvgIpc) is 3.13. The fraction of sp³-hybridized carbons (Fsp3) is 0.625. The molecule has 0 bridgehead atoms. The van der Waals surface area contributed by atoms with Crippen LogP contribution in [0.2, 0.25) is 0 Å². The zero-order chi connectivity index (χ0) is 22.3. The molecule has 0 aliphatic carbocycles. The Morgan fingerprint density at radius 2 is 2.00 bits per heavy atom. The number of quaternary nitrogens is 1. The van der Waals surface area contributed by atoms with E-state index in [1.807, 2.05) is 0 Å². The first-order valence-corrected chi connectivity index (χ1v) is 12.6. The zero-order valence-corrected chi connectivity index (χ0v) is 20.4. The predicted octanol–water partition coefficient (Wildman–Crippen LogP) is 2.62. The molecule has 0 saturated carbocycles. The minimum Gasteiger partial charge on any atom is -0.370 e. The average molecular weight is 457 g/mol. The molecule has 1 saturated heterocycles. The highest BCUT2D eigenvalue weighted by molar-refractivity contribution is 7.26. The maximum Gasteiger partial charge on any atom is 0.147 e. The van der Waals surface area contributed by atoms with Crippen molar-refractivity contribution in [3.8, 4) is 0 Å². The molecule has 3 aromatic heterocycles. The van der Waals surface area contributed by atoms with Crippen molar-refractivity contribution in [3.05, 3.63) is 23.1 Å². The van der Waals surface area contributed by atoms with Gasteiger partial charge in [-0.2, -0.15) is 0 Å². The van der Waals surface area contributed by atoms with Crippen molar-refractivity contribution in [2.24, 2.45) is 5.92 Å². The fourth-order valence-corrected chi connectivity index (χ4v) is 5.97. The van der Waals surface area contributed by atoms with Crippen LogP contribution in [0, 0.1) is 5.92 Å². The van der Waals surface area contributed by atoms with Gasteiger partial charge >= 0.3 is 0 Å².